The molecule has 0 amide bonds. The summed E-state index contributed by atoms with van der Waals surface area (Å²) < 4.78 is 5.82. The number of nitrogens with two attached hydrogens (primary N) is 1. The minimum atomic E-state index is 0.139. The van der Waals surface area contributed by atoms with Gasteiger partial charge in [0.25, 0.3) is 5.88 Å². The van der Waals surface area contributed by atoms with Crippen LogP contribution in [0.15, 0.2) is 30.6 Å². The number of imidazole rings is 1. The fourth-order valence-electron chi connectivity index (χ4n) is 1.95. The third-order valence-corrected chi connectivity index (χ3v) is 3.01. The lowest BCUT2D eigenvalue weighted by Gasteiger charge is -2.09. The van der Waals surface area contributed by atoms with E-state index in [1.165, 1.54) is 11.9 Å². The van der Waals surface area contributed by atoms with Gasteiger partial charge in [-0.1, -0.05) is 26.0 Å². The quantitative estimate of drug-likeness (QED) is 0.763. The maximum Gasteiger partial charge on any atom is 0.250 e. The van der Waals surface area contributed by atoms with E-state index in [1.807, 2.05) is 18.2 Å². The number of benzene rings is 1. The van der Waals surface area contributed by atoms with Crippen LogP contribution in [0.5, 0.6) is 11.6 Å². The molecule has 0 aliphatic heterocycles. The van der Waals surface area contributed by atoms with Crippen molar-refractivity contribution in [2.45, 2.75) is 19.8 Å². The monoisotopic (exact) mass is 269 g/mol. The Hall–Kier alpha value is -2.63. The predicted molar refractivity (Wildman–Crippen MR) is 76.7 cm³/mol. The Bertz CT molecular complexity index is 750. The van der Waals surface area contributed by atoms with Crippen LogP contribution in [0.4, 0.5) is 5.95 Å². The van der Waals surface area contributed by atoms with Crippen molar-refractivity contribution in [2.75, 3.05) is 5.73 Å². The molecule has 6 heteroatoms. The van der Waals surface area contributed by atoms with Gasteiger partial charge >= 0.3 is 0 Å². The van der Waals surface area contributed by atoms with Gasteiger partial charge in [0.05, 0.1) is 6.33 Å². The molecular weight excluding hydrogens is 254 g/mol. The maximum atomic E-state index is 5.82. The number of hydrogen-bond donors (Lipinski definition) is 2. The molecule has 0 bridgehead atoms. The minimum Gasteiger partial charge on any atom is -0.437 e. The van der Waals surface area contributed by atoms with Gasteiger partial charge in [-0.15, -0.1) is 0 Å². The molecule has 0 aliphatic rings. The molecule has 3 rings (SSSR count). The maximum absolute atomic E-state index is 5.82. The molecule has 1 aromatic carbocycles. The molecule has 0 fully saturated rings. The van der Waals surface area contributed by atoms with Gasteiger partial charge in [0, 0.05) is 0 Å². The number of hydrogen-bond acceptors (Lipinski definition) is 5. The predicted octanol–water partition coefficient (Wildman–Crippen LogP) is 2.85. The van der Waals surface area contributed by atoms with Crippen molar-refractivity contribution >= 4 is 17.1 Å². The van der Waals surface area contributed by atoms with Gasteiger partial charge in [-0.3, -0.25) is 0 Å². The van der Waals surface area contributed by atoms with Crippen LogP contribution >= 0.6 is 0 Å². The highest BCUT2D eigenvalue weighted by Crippen LogP contribution is 2.27. The smallest absolute Gasteiger partial charge is 0.250 e. The number of anilines is 1. The molecule has 0 saturated carbocycles. The molecule has 20 heavy (non-hydrogen) atoms. The fourth-order valence-corrected chi connectivity index (χ4v) is 1.95. The number of H-pyrrole nitrogens is 1. The highest BCUT2D eigenvalue weighted by Gasteiger charge is 2.11. The topological polar surface area (TPSA) is 89.7 Å². The molecular formula is C14H15N5O. The first-order chi connectivity index (χ1) is 9.63. The number of nitrogens with one attached hydrogen (secondary N) is 1. The summed E-state index contributed by atoms with van der Waals surface area (Å²) in [6, 6.07) is 7.90. The summed E-state index contributed by atoms with van der Waals surface area (Å²) in [7, 11) is 0. The van der Waals surface area contributed by atoms with Crippen LogP contribution in [0.25, 0.3) is 11.2 Å². The number of rotatable bonds is 3. The lowest BCUT2D eigenvalue weighted by atomic mass is 10.0. The average Bonchev–Trinajstić information content (AvgIpc) is 2.87. The van der Waals surface area contributed by atoms with Gasteiger partial charge in [0.1, 0.15) is 11.3 Å². The van der Waals surface area contributed by atoms with E-state index in [4.69, 9.17) is 10.5 Å². The molecule has 2 heterocycles. The molecule has 2 aromatic heterocycles. The Kier molecular flexibility index (Phi) is 2.98. The van der Waals surface area contributed by atoms with Crippen molar-refractivity contribution in [3.63, 3.8) is 0 Å². The molecule has 6 nitrogen and oxygen atoms in total. The summed E-state index contributed by atoms with van der Waals surface area (Å²) in [5, 5.41) is 0. The van der Waals surface area contributed by atoms with Crippen molar-refractivity contribution in [3.05, 3.63) is 36.2 Å². The third-order valence-electron chi connectivity index (χ3n) is 3.01. The molecule has 0 unspecified atom stereocenters. The van der Waals surface area contributed by atoms with E-state index in [9.17, 15) is 0 Å². The first-order valence-corrected chi connectivity index (χ1v) is 6.38. The SMILES string of the molecule is CC(C)c1cccc(Oc2nc(N)nc3nc[nH]c23)c1. The van der Waals surface area contributed by atoms with Crippen LogP contribution in [0.2, 0.25) is 0 Å². The highest BCUT2D eigenvalue weighted by atomic mass is 16.5. The normalized spacial score (nSPS) is 11.2. The Morgan fingerprint density at radius 1 is 1.25 bits per heavy atom. The van der Waals surface area contributed by atoms with Crippen LogP contribution in [-0.2, 0) is 0 Å². The zero-order valence-corrected chi connectivity index (χ0v) is 11.3. The first-order valence-electron chi connectivity index (χ1n) is 6.38. The zero-order chi connectivity index (χ0) is 14.1. The molecule has 102 valence electrons. The highest BCUT2D eigenvalue weighted by molar-refractivity contribution is 5.77. The van der Waals surface area contributed by atoms with Crippen molar-refractivity contribution in [1.29, 1.82) is 0 Å². The molecule has 3 N–H and O–H groups in total. The Balaban J connectivity index is 2.00. The summed E-state index contributed by atoms with van der Waals surface area (Å²) in [4.78, 5) is 15.2. The van der Waals surface area contributed by atoms with Crippen molar-refractivity contribution in [3.8, 4) is 11.6 Å². The second kappa shape index (κ2) is 4.80. The lowest BCUT2D eigenvalue weighted by Crippen LogP contribution is -1.98. The van der Waals surface area contributed by atoms with E-state index < -0.39 is 0 Å². The number of aromatic nitrogens is 4. The number of fused-ring (bicyclic) bond motifs is 1. The number of aromatic amines is 1. The number of nitrogens with zero attached hydrogens (tertiary/aromatic N) is 3. The van der Waals surface area contributed by atoms with Gasteiger partial charge in [0.2, 0.25) is 5.95 Å². The third kappa shape index (κ3) is 2.27. The second-order valence-corrected chi connectivity index (χ2v) is 4.82. The van der Waals surface area contributed by atoms with Crippen molar-refractivity contribution in [2.24, 2.45) is 0 Å². The second-order valence-electron chi connectivity index (χ2n) is 4.82. The van der Waals surface area contributed by atoms with Gasteiger partial charge in [-0.2, -0.15) is 9.97 Å². The summed E-state index contributed by atoms with van der Waals surface area (Å²) in [6.07, 6.45) is 1.54. The molecule has 0 radical (unpaired) electrons. The summed E-state index contributed by atoms with van der Waals surface area (Å²) in [5.41, 5.74) is 7.99. The van der Waals surface area contributed by atoms with Gasteiger partial charge < -0.3 is 15.5 Å². The summed E-state index contributed by atoms with van der Waals surface area (Å²) in [6.45, 7) is 4.27. The minimum absolute atomic E-state index is 0.139. The lowest BCUT2D eigenvalue weighted by molar-refractivity contribution is 0.467. The first kappa shape index (κ1) is 12.4. The van der Waals surface area contributed by atoms with Crippen molar-refractivity contribution in [1.82, 2.24) is 19.9 Å². The number of ether oxygens (including phenoxy) is 1. The standard InChI is InChI=1S/C14H15N5O/c1-8(2)9-4-3-5-10(6-9)20-13-11-12(17-7-16-11)18-14(15)19-13/h3-8H,1-2H3,(H3,15,16,17,18,19). The van der Waals surface area contributed by atoms with E-state index in [0.29, 0.717) is 28.7 Å². The van der Waals surface area contributed by atoms with E-state index >= 15 is 0 Å². The zero-order valence-electron chi connectivity index (χ0n) is 11.3. The van der Waals surface area contributed by atoms with E-state index in [2.05, 4.69) is 39.8 Å². The van der Waals surface area contributed by atoms with E-state index in [-0.39, 0.29) is 5.95 Å². The molecule has 3 aromatic rings. The average molecular weight is 269 g/mol. The summed E-state index contributed by atoms with van der Waals surface area (Å²) in [5.74, 6) is 1.66. The Morgan fingerprint density at radius 3 is 2.90 bits per heavy atom. The Labute approximate surface area is 116 Å². The van der Waals surface area contributed by atoms with Crippen LogP contribution in [0, 0.1) is 0 Å². The number of nitrogen functional groups attached to an aromatic ring is 1. The molecule has 0 spiro atoms. The fraction of sp³-hybridized carbons (Fsp3) is 0.214. The summed E-state index contributed by atoms with van der Waals surface area (Å²) >= 11 is 0. The Morgan fingerprint density at radius 2 is 2.10 bits per heavy atom. The van der Waals surface area contributed by atoms with E-state index in [0.717, 1.165) is 0 Å². The van der Waals surface area contributed by atoms with Crippen LogP contribution in [0.3, 0.4) is 0 Å². The van der Waals surface area contributed by atoms with Gasteiger partial charge in [0.15, 0.2) is 5.65 Å². The van der Waals surface area contributed by atoms with Crippen molar-refractivity contribution < 1.29 is 4.74 Å². The van der Waals surface area contributed by atoms with Gasteiger partial charge in [-0.05, 0) is 23.6 Å². The van der Waals surface area contributed by atoms with Crippen LogP contribution < -0.4 is 10.5 Å². The molecule has 0 aliphatic carbocycles. The van der Waals surface area contributed by atoms with Crippen LogP contribution in [-0.4, -0.2) is 19.9 Å². The largest absolute Gasteiger partial charge is 0.437 e. The molecule has 0 saturated heterocycles. The van der Waals surface area contributed by atoms with E-state index in [1.54, 1.807) is 0 Å². The van der Waals surface area contributed by atoms with Crippen LogP contribution in [0.1, 0.15) is 25.3 Å². The molecule has 0 atom stereocenters. The van der Waals surface area contributed by atoms with Gasteiger partial charge in [-0.25, -0.2) is 4.98 Å².